The largest absolute Gasteiger partial charge is 0.497 e. The molecule has 25 heavy (non-hydrogen) atoms. The van der Waals surface area contributed by atoms with Gasteiger partial charge in [0.05, 0.1) is 19.4 Å². The molecule has 2 N–H and O–H groups in total. The molecule has 0 aliphatic carbocycles. The Labute approximate surface area is 149 Å². The van der Waals surface area contributed by atoms with Crippen LogP contribution in [0.3, 0.4) is 0 Å². The van der Waals surface area contributed by atoms with Gasteiger partial charge >= 0.3 is 0 Å². The van der Waals surface area contributed by atoms with E-state index >= 15 is 0 Å². The fourth-order valence-electron chi connectivity index (χ4n) is 2.43. The fourth-order valence-corrected chi connectivity index (χ4v) is 2.43. The van der Waals surface area contributed by atoms with Crippen molar-refractivity contribution >= 4 is 11.6 Å². The summed E-state index contributed by atoms with van der Waals surface area (Å²) in [6.45, 7) is 3.76. The Balaban J connectivity index is 1.67. The summed E-state index contributed by atoms with van der Waals surface area (Å²) in [6.07, 6.45) is 1.22. The molecule has 0 fully saturated rings. The minimum Gasteiger partial charge on any atom is -0.497 e. The first kappa shape index (κ1) is 18.6. The first-order chi connectivity index (χ1) is 12.2. The number of carbonyl (C=O) groups is 1. The molecule has 2 rings (SSSR count). The van der Waals surface area contributed by atoms with Crippen molar-refractivity contribution in [3.05, 3.63) is 54.1 Å². The monoisotopic (exact) mass is 342 g/mol. The van der Waals surface area contributed by atoms with Gasteiger partial charge in [-0.05, 0) is 43.2 Å². The van der Waals surface area contributed by atoms with Gasteiger partial charge in [-0.2, -0.15) is 0 Å². The highest BCUT2D eigenvalue weighted by Crippen LogP contribution is 2.23. The van der Waals surface area contributed by atoms with Gasteiger partial charge in [-0.1, -0.05) is 24.3 Å². The number of amides is 1. The molecular formula is C20H26N2O3. The van der Waals surface area contributed by atoms with Crippen molar-refractivity contribution in [2.75, 3.05) is 32.1 Å². The predicted molar refractivity (Wildman–Crippen MR) is 100 cm³/mol. The van der Waals surface area contributed by atoms with E-state index in [0.29, 0.717) is 26.1 Å². The van der Waals surface area contributed by atoms with Crippen LogP contribution < -0.4 is 20.1 Å². The minimum absolute atomic E-state index is 0.0369. The molecule has 5 heteroatoms. The quantitative estimate of drug-likeness (QED) is 0.696. The topological polar surface area (TPSA) is 59.6 Å². The van der Waals surface area contributed by atoms with Crippen LogP contribution >= 0.6 is 0 Å². The molecule has 0 aliphatic heterocycles. The summed E-state index contributed by atoms with van der Waals surface area (Å²) in [7, 11) is 1.65. The van der Waals surface area contributed by atoms with Crippen molar-refractivity contribution in [1.82, 2.24) is 5.32 Å². The van der Waals surface area contributed by atoms with Crippen molar-refractivity contribution in [3.63, 3.8) is 0 Å². The summed E-state index contributed by atoms with van der Waals surface area (Å²) in [6, 6.07) is 15.6. The standard InChI is InChI=1S/C20H26N2O3/c1-3-25-19-7-5-4-6-18(19)21-15-13-20(23)22-14-12-16-8-10-17(24-2)11-9-16/h4-11,21H,3,12-15H2,1-2H3,(H,22,23). The van der Waals surface area contributed by atoms with Gasteiger partial charge in [0.25, 0.3) is 0 Å². The van der Waals surface area contributed by atoms with Crippen LogP contribution in [0.4, 0.5) is 5.69 Å². The van der Waals surface area contributed by atoms with E-state index in [2.05, 4.69) is 10.6 Å². The molecule has 0 radical (unpaired) electrons. The predicted octanol–water partition coefficient (Wildman–Crippen LogP) is 3.25. The average Bonchev–Trinajstić information content (AvgIpc) is 2.64. The maximum Gasteiger partial charge on any atom is 0.221 e. The van der Waals surface area contributed by atoms with Crippen molar-refractivity contribution in [3.8, 4) is 11.5 Å². The van der Waals surface area contributed by atoms with E-state index in [0.717, 1.165) is 23.6 Å². The zero-order valence-corrected chi connectivity index (χ0v) is 14.9. The number of para-hydroxylation sites is 2. The van der Waals surface area contributed by atoms with Crippen molar-refractivity contribution in [1.29, 1.82) is 0 Å². The number of benzene rings is 2. The van der Waals surface area contributed by atoms with Crippen LogP contribution in [-0.2, 0) is 11.2 Å². The number of nitrogens with one attached hydrogen (secondary N) is 2. The molecule has 2 aromatic carbocycles. The average molecular weight is 342 g/mol. The molecule has 1 amide bonds. The first-order valence-corrected chi connectivity index (χ1v) is 8.58. The molecule has 134 valence electrons. The van der Waals surface area contributed by atoms with Gasteiger partial charge in [-0.15, -0.1) is 0 Å². The molecule has 0 saturated heterocycles. The number of hydrogen-bond acceptors (Lipinski definition) is 4. The van der Waals surface area contributed by atoms with Gasteiger partial charge in [0.1, 0.15) is 11.5 Å². The molecule has 0 spiro atoms. The van der Waals surface area contributed by atoms with Crippen LogP contribution in [0.15, 0.2) is 48.5 Å². The Morgan fingerprint density at radius 1 is 1.04 bits per heavy atom. The van der Waals surface area contributed by atoms with Gasteiger partial charge in [-0.3, -0.25) is 4.79 Å². The summed E-state index contributed by atoms with van der Waals surface area (Å²) in [5, 5.41) is 6.19. The molecule has 2 aromatic rings. The molecule has 0 saturated carbocycles. The van der Waals surface area contributed by atoms with E-state index in [-0.39, 0.29) is 5.91 Å². The molecule has 0 bridgehead atoms. The second-order valence-electron chi connectivity index (χ2n) is 5.55. The van der Waals surface area contributed by atoms with Crippen LogP contribution in [0.25, 0.3) is 0 Å². The summed E-state index contributed by atoms with van der Waals surface area (Å²) in [5.41, 5.74) is 2.08. The number of rotatable bonds is 10. The van der Waals surface area contributed by atoms with Gasteiger partial charge in [-0.25, -0.2) is 0 Å². The third-order valence-corrected chi connectivity index (χ3v) is 3.75. The third kappa shape index (κ3) is 6.37. The number of anilines is 1. The van der Waals surface area contributed by atoms with Gasteiger partial charge in [0.15, 0.2) is 0 Å². The summed E-state index contributed by atoms with van der Waals surface area (Å²) < 4.78 is 10.7. The summed E-state index contributed by atoms with van der Waals surface area (Å²) in [5.74, 6) is 1.69. The Bertz CT molecular complexity index is 656. The summed E-state index contributed by atoms with van der Waals surface area (Å²) in [4.78, 5) is 11.9. The second kappa shape index (κ2) is 10.2. The van der Waals surface area contributed by atoms with Crippen LogP contribution in [0.1, 0.15) is 18.9 Å². The smallest absolute Gasteiger partial charge is 0.221 e. The second-order valence-corrected chi connectivity index (χ2v) is 5.55. The molecule has 0 aliphatic rings. The number of methoxy groups -OCH3 is 1. The lowest BCUT2D eigenvalue weighted by Crippen LogP contribution is -2.27. The van der Waals surface area contributed by atoms with E-state index < -0.39 is 0 Å². The van der Waals surface area contributed by atoms with Crippen LogP contribution in [-0.4, -0.2) is 32.7 Å². The van der Waals surface area contributed by atoms with Gasteiger partial charge in [0.2, 0.25) is 5.91 Å². The fraction of sp³-hybridized carbons (Fsp3) is 0.350. The maximum absolute atomic E-state index is 11.9. The lowest BCUT2D eigenvalue weighted by Gasteiger charge is -2.12. The zero-order valence-electron chi connectivity index (χ0n) is 14.9. The SMILES string of the molecule is CCOc1ccccc1NCCC(=O)NCCc1ccc(OC)cc1. The molecule has 5 nitrogen and oxygen atoms in total. The molecule has 0 atom stereocenters. The molecule has 0 aromatic heterocycles. The lowest BCUT2D eigenvalue weighted by molar-refractivity contribution is -0.120. The highest BCUT2D eigenvalue weighted by Gasteiger charge is 2.04. The highest BCUT2D eigenvalue weighted by atomic mass is 16.5. The van der Waals surface area contributed by atoms with Crippen LogP contribution in [0.5, 0.6) is 11.5 Å². The normalized spacial score (nSPS) is 10.2. The van der Waals surface area contributed by atoms with E-state index in [9.17, 15) is 4.79 Å². The molecule has 0 unspecified atom stereocenters. The Morgan fingerprint density at radius 2 is 1.80 bits per heavy atom. The van der Waals surface area contributed by atoms with E-state index in [4.69, 9.17) is 9.47 Å². The van der Waals surface area contributed by atoms with Gasteiger partial charge < -0.3 is 20.1 Å². The van der Waals surface area contributed by atoms with Crippen molar-refractivity contribution in [2.24, 2.45) is 0 Å². The Kier molecular flexibility index (Phi) is 7.63. The molecular weight excluding hydrogens is 316 g/mol. The van der Waals surface area contributed by atoms with E-state index in [1.165, 1.54) is 5.56 Å². The number of ether oxygens (including phenoxy) is 2. The Morgan fingerprint density at radius 3 is 2.52 bits per heavy atom. The van der Waals surface area contributed by atoms with Crippen molar-refractivity contribution < 1.29 is 14.3 Å². The number of carbonyl (C=O) groups excluding carboxylic acids is 1. The third-order valence-electron chi connectivity index (χ3n) is 3.75. The lowest BCUT2D eigenvalue weighted by atomic mass is 10.1. The zero-order chi connectivity index (χ0) is 17.9. The van der Waals surface area contributed by atoms with Crippen LogP contribution in [0, 0.1) is 0 Å². The van der Waals surface area contributed by atoms with Crippen LogP contribution in [0.2, 0.25) is 0 Å². The summed E-state index contributed by atoms with van der Waals surface area (Å²) >= 11 is 0. The van der Waals surface area contributed by atoms with E-state index in [1.807, 2.05) is 55.5 Å². The first-order valence-electron chi connectivity index (χ1n) is 8.58. The van der Waals surface area contributed by atoms with Crippen molar-refractivity contribution in [2.45, 2.75) is 19.8 Å². The number of hydrogen-bond donors (Lipinski definition) is 2. The highest BCUT2D eigenvalue weighted by molar-refractivity contribution is 5.76. The molecule has 0 heterocycles. The maximum atomic E-state index is 11.9. The Hall–Kier alpha value is -2.69. The van der Waals surface area contributed by atoms with Gasteiger partial charge in [0, 0.05) is 19.5 Å². The van der Waals surface area contributed by atoms with E-state index in [1.54, 1.807) is 7.11 Å². The minimum atomic E-state index is 0.0369.